The monoisotopic (exact) mass is 247 g/mol. The van der Waals surface area contributed by atoms with Gasteiger partial charge in [-0.25, -0.2) is 9.18 Å². The SMILES string of the molecule is O=C(OCc1cccc(F)c1)c1cccc(=O)[nH]1. The topological polar surface area (TPSA) is 59.2 Å². The molecular formula is C13H10FNO3. The normalized spacial score (nSPS) is 10.1. The molecule has 0 fully saturated rings. The summed E-state index contributed by atoms with van der Waals surface area (Å²) >= 11 is 0. The Morgan fingerprint density at radius 3 is 2.72 bits per heavy atom. The van der Waals surface area contributed by atoms with Gasteiger partial charge in [0.15, 0.2) is 0 Å². The number of hydrogen-bond acceptors (Lipinski definition) is 3. The molecule has 0 unspecified atom stereocenters. The van der Waals surface area contributed by atoms with E-state index in [1.54, 1.807) is 6.07 Å². The predicted molar refractivity (Wildman–Crippen MR) is 62.6 cm³/mol. The number of esters is 1. The van der Waals surface area contributed by atoms with Crippen molar-refractivity contribution in [3.63, 3.8) is 0 Å². The Hall–Kier alpha value is -2.43. The lowest BCUT2D eigenvalue weighted by Gasteiger charge is -2.04. The highest BCUT2D eigenvalue weighted by atomic mass is 19.1. The van der Waals surface area contributed by atoms with E-state index in [9.17, 15) is 14.0 Å². The third-order valence-corrected chi connectivity index (χ3v) is 2.25. The summed E-state index contributed by atoms with van der Waals surface area (Å²) in [6.45, 7) is -0.0481. The van der Waals surface area contributed by atoms with Crippen LogP contribution in [-0.2, 0) is 11.3 Å². The molecule has 0 radical (unpaired) electrons. The predicted octanol–water partition coefficient (Wildman–Crippen LogP) is 1.87. The van der Waals surface area contributed by atoms with Crippen LogP contribution in [0.25, 0.3) is 0 Å². The Balaban J connectivity index is 2.03. The average Bonchev–Trinajstić information content (AvgIpc) is 2.36. The number of carbonyl (C=O) groups excluding carboxylic acids is 1. The molecule has 0 saturated carbocycles. The zero-order valence-electron chi connectivity index (χ0n) is 9.35. The molecule has 0 aliphatic carbocycles. The number of halogens is 1. The van der Waals surface area contributed by atoms with Crippen LogP contribution < -0.4 is 5.56 Å². The minimum absolute atomic E-state index is 0.0481. The van der Waals surface area contributed by atoms with Crippen LogP contribution in [0, 0.1) is 5.82 Å². The molecule has 0 aliphatic heterocycles. The summed E-state index contributed by atoms with van der Waals surface area (Å²) in [5.74, 6) is -1.05. The van der Waals surface area contributed by atoms with Crippen LogP contribution in [0.5, 0.6) is 0 Å². The maximum absolute atomic E-state index is 12.9. The fraction of sp³-hybridized carbons (Fsp3) is 0.0769. The van der Waals surface area contributed by atoms with Gasteiger partial charge >= 0.3 is 5.97 Å². The lowest BCUT2D eigenvalue weighted by atomic mass is 10.2. The van der Waals surface area contributed by atoms with E-state index in [4.69, 9.17) is 4.74 Å². The van der Waals surface area contributed by atoms with Crippen molar-refractivity contribution < 1.29 is 13.9 Å². The van der Waals surface area contributed by atoms with Crippen LogP contribution >= 0.6 is 0 Å². The number of ether oxygens (including phenoxy) is 1. The Kier molecular flexibility index (Phi) is 3.52. The van der Waals surface area contributed by atoms with Gasteiger partial charge in [-0.15, -0.1) is 0 Å². The summed E-state index contributed by atoms with van der Waals surface area (Å²) in [6, 6.07) is 9.95. The highest BCUT2D eigenvalue weighted by Gasteiger charge is 2.08. The number of carbonyl (C=O) groups is 1. The van der Waals surface area contributed by atoms with E-state index < -0.39 is 11.8 Å². The van der Waals surface area contributed by atoms with Gasteiger partial charge in [-0.2, -0.15) is 0 Å². The molecule has 0 atom stereocenters. The van der Waals surface area contributed by atoms with Crippen LogP contribution in [0.2, 0.25) is 0 Å². The first kappa shape index (κ1) is 12.0. The van der Waals surface area contributed by atoms with Gasteiger partial charge in [0.05, 0.1) is 0 Å². The molecule has 0 saturated heterocycles. The van der Waals surface area contributed by atoms with Gasteiger partial charge in [0.25, 0.3) is 0 Å². The van der Waals surface area contributed by atoms with Gasteiger partial charge in [0, 0.05) is 6.07 Å². The average molecular weight is 247 g/mol. The van der Waals surface area contributed by atoms with Gasteiger partial charge in [-0.1, -0.05) is 18.2 Å². The van der Waals surface area contributed by atoms with Gasteiger partial charge in [0.2, 0.25) is 5.56 Å². The second-order valence-electron chi connectivity index (χ2n) is 3.63. The molecule has 0 bridgehead atoms. The molecule has 18 heavy (non-hydrogen) atoms. The van der Waals surface area contributed by atoms with Crippen molar-refractivity contribution in [2.24, 2.45) is 0 Å². The number of aromatic nitrogens is 1. The van der Waals surface area contributed by atoms with Gasteiger partial charge in [0.1, 0.15) is 18.1 Å². The number of rotatable bonds is 3. The van der Waals surface area contributed by atoms with Crippen molar-refractivity contribution in [3.05, 3.63) is 69.9 Å². The Morgan fingerprint density at radius 1 is 1.22 bits per heavy atom. The quantitative estimate of drug-likeness (QED) is 0.842. The van der Waals surface area contributed by atoms with Crippen molar-refractivity contribution in [2.45, 2.75) is 6.61 Å². The molecule has 4 nitrogen and oxygen atoms in total. The minimum Gasteiger partial charge on any atom is -0.456 e. The second-order valence-corrected chi connectivity index (χ2v) is 3.63. The van der Waals surface area contributed by atoms with E-state index in [1.165, 1.54) is 36.4 Å². The van der Waals surface area contributed by atoms with Crippen molar-refractivity contribution in [1.82, 2.24) is 4.98 Å². The maximum atomic E-state index is 12.9. The van der Waals surface area contributed by atoms with Crippen molar-refractivity contribution in [1.29, 1.82) is 0 Å². The Labute approximate surface area is 102 Å². The zero-order valence-corrected chi connectivity index (χ0v) is 9.35. The summed E-state index contributed by atoms with van der Waals surface area (Å²) in [6.07, 6.45) is 0. The van der Waals surface area contributed by atoms with Crippen molar-refractivity contribution in [2.75, 3.05) is 0 Å². The van der Waals surface area contributed by atoms with Gasteiger partial charge in [-0.3, -0.25) is 4.79 Å². The van der Waals surface area contributed by atoms with E-state index in [1.807, 2.05) is 0 Å². The van der Waals surface area contributed by atoms with Crippen LogP contribution in [0.4, 0.5) is 4.39 Å². The molecule has 0 spiro atoms. The van der Waals surface area contributed by atoms with Crippen LogP contribution in [0.3, 0.4) is 0 Å². The molecule has 1 N–H and O–H groups in total. The molecule has 2 rings (SSSR count). The molecule has 1 aromatic heterocycles. The zero-order chi connectivity index (χ0) is 13.0. The maximum Gasteiger partial charge on any atom is 0.355 e. The molecule has 5 heteroatoms. The fourth-order valence-electron chi connectivity index (χ4n) is 1.42. The summed E-state index contributed by atoms with van der Waals surface area (Å²) in [7, 11) is 0. The van der Waals surface area contributed by atoms with Crippen molar-refractivity contribution >= 4 is 5.97 Å². The van der Waals surface area contributed by atoms with Crippen LogP contribution in [0.1, 0.15) is 16.1 Å². The van der Waals surface area contributed by atoms with E-state index in [0.29, 0.717) is 5.56 Å². The number of pyridine rings is 1. The van der Waals surface area contributed by atoms with E-state index in [-0.39, 0.29) is 17.9 Å². The van der Waals surface area contributed by atoms with Crippen molar-refractivity contribution in [3.8, 4) is 0 Å². The van der Waals surface area contributed by atoms with Gasteiger partial charge < -0.3 is 9.72 Å². The third-order valence-electron chi connectivity index (χ3n) is 2.25. The Bertz CT molecular complexity index is 621. The molecule has 2 aromatic rings. The number of hydrogen-bond donors (Lipinski definition) is 1. The number of nitrogens with one attached hydrogen (secondary N) is 1. The highest BCUT2D eigenvalue weighted by Crippen LogP contribution is 2.06. The highest BCUT2D eigenvalue weighted by molar-refractivity contribution is 5.87. The molecule has 0 amide bonds. The number of H-pyrrole nitrogens is 1. The molecule has 1 aromatic carbocycles. The first-order valence-electron chi connectivity index (χ1n) is 5.26. The van der Waals surface area contributed by atoms with E-state index in [0.717, 1.165) is 0 Å². The first-order valence-corrected chi connectivity index (χ1v) is 5.26. The molecule has 0 aliphatic rings. The fourth-order valence-corrected chi connectivity index (χ4v) is 1.42. The summed E-state index contributed by atoms with van der Waals surface area (Å²) < 4.78 is 17.8. The Morgan fingerprint density at radius 2 is 2.00 bits per heavy atom. The van der Waals surface area contributed by atoms with Crippen LogP contribution in [0.15, 0.2) is 47.3 Å². The summed E-state index contributed by atoms with van der Waals surface area (Å²) in [5.41, 5.74) is 0.232. The second kappa shape index (κ2) is 5.27. The third kappa shape index (κ3) is 3.04. The van der Waals surface area contributed by atoms with Crippen LogP contribution in [-0.4, -0.2) is 11.0 Å². The standard InChI is InChI=1S/C13H10FNO3/c14-10-4-1-3-9(7-10)8-18-13(17)11-5-2-6-12(16)15-11/h1-7H,8H2,(H,15,16). The van der Waals surface area contributed by atoms with E-state index >= 15 is 0 Å². The number of aromatic amines is 1. The molecule has 92 valence electrons. The molecular weight excluding hydrogens is 237 g/mol. The smallest absolute Gasteiger partial charge is 0.355 e. The first-order chi connectivity index (χ1) is 8.65. The number of benzene rings is 1. The summed E-state index contributed by atoms with van der Waals surface area (Å²) in [5, 5.41) is 0. The van der Waals surface area contributed by atoms with Gasteiger partial charge in [-0.05, 0) is 23.8 Å². The lowest BCUT2D eigenvalue weighted by Crippen LogP contribution is -2.13. The largest absolute Gasteiger partial charge is 0.456 e. The summed E-state index contributed by atoms with van der Waals surface area (Å²) in [4.78, 5) is 24.9. The van der Waals surface area contributed by atoms with E-state index in [2.05, 4.69) is 4.98 Å². The minimum atomic E-state index is -0.656. The molecule has 1 heterocycles. The lowest BCUT2D eigenvalue weighted by molar-refractivity contribution is 0.0465.